The molecule has 0 unspecified atom stereocenters. The maximum Gasteiger partial charge on any atom is 0.127 e. The molecule has 1 aromatic rings. The number of hydrogen-bond donors (Lipinski definition) is 0. The second-order valence-electron chi connectivity index (χ2n) is 3.46. The average molecular weight is 199 g/mol. The predicted molar refractivity (Wildman–Crippen MR) is 62.8 cm³/mol. The molecule has 0 atom stereocenters. The molecule has 0 amide bonds. The monoisotopic (exact) mass is 199 g/mol. The lowest BCUT2D eigenvalue weighted by molar-refractivity contribution is 0.408. The van der Waals surface area contributed by atoms with E-state index in [1.807, 2.05) is 13.8 Å². The van der Waals surface area contributed by atoms with Gasteiger partial charge in [-0.3, -0.25) is 0 Å². The Morgan fingerprint density at radius 2 is 1.57 bits per heavy atom. The molecule has 0 saturated heterocycles. The van der Waals surface area contributed by atoms with Crippen molar-refractivity contribution in [3.63, 3.8) is 0 Å². The Labute approximate surface area is 88.7 Å². The zero-order valence-electron chi connectivity index (χ0n) is 9.59. The topological polar surface area (TPSA) is 26.0 Å². The molecule has 14 heavy (non-hydrogen) atoms. The van der Waals surface area contributed by atoms with Crippen molar-refractivity contribution in [3.8, 4) is 0 Å². The summed E-state index contributed by atoms with van der Waals surface area (Å²) in [6.07, 6.45) is 1.75. The van der Waals surface area contributed by atoms with Crippen LogP contribution in [0.2, 0.25) is 0 Å². The van der Waals surface area contributed by atoms with E-state index >= 15 is 0 Å². The molecule has 0 fully saturated rings. The van der Waals surface area contributed by atoms with E-state index in [2.05, 4.69) is 32.9 Å². The van der Waals surface area contributed by atoms with E-state index in [1.165, 1.54) is 5.56 Å². The van der Waals surface area contributed by atoms with Gasteiger partial charge in [-0.05, 0) is 11.8 Å². The van der Waals surface area contributed by atoms with E-state index in [0.29, 0.717) is 11.8 Å². The average Bonchev–Trinajstić information content (AvgIpc) is 2.55. The lowest BCUT2D eigenvalue weighted by Crippen LogP contribution is -1.95. The third kappa shape index (κ3) is 3.95. The molecular formula is C12H25NO. The van der Waals surface area contributed by atoms with Crippen molar-refractivity contribution in [1.82, 2.24) is 5.16 Å². The molecule has 1 rings (SSSR count). The number of aromatic nitrogens is 1. The maximum atomic E-state index is 4.92. The Morgan fingerprint density at radius 1 is 1.07 bits per heavy atom. The molecule has 1 heterocycles. The highest BCUT2D eigenvalue weighted by molar-refractivity contribution is 5.21. The van der Waals surface area contributed by atoms with Gasteiger partial charge in [0.1, 0.15) is 6.26 Å². The van der Waals surface area contributed by atoms with Crippen molar-refractivity contribution in [2.45, 2.75) is 60.8 Å². The van der Waals surface area contributed by atoms with Gasteiger partial charge in [0.15, 0.2) is 0 Å². The van der Waals surface area contributed by atoms with Gasteiger partial charge < -0.3 is 4.52 Å². The van der Waals surface area contributed by atoms with E-state index in [1.54, 1.807) is 6.26 Å². The first-order valence-electron chi connectivity index (χ1n) is 5.07. The van der Waals surface area contributed by atoms with E-state index in [4.69, 9.17) is 4.52 Å². The largest absolute Gasteiger partial charge is 0.364 e. The molecule has 0 saturated carbocycles. The maximum absolute atomic E-state index is 4.92. The number of nitrogens with zero attached hydrogens (tertiary/aromatic N) is 1. The molecule has 0 aliphatic rings. The van der Waals surface area contributed by atoms with Gasteiger partial charge in [0.2, 0.25) is 0 Å². The van der Waals surface area contributed by atoms with E-state index in [9.17, 15) is 0 Å². The molecule has 2 nitrogen and oxygen atoms in total. The van der Waals surface area contributed by atoms with Crippen molar-refractivity contribution in [1.29, 1.82) is 0 Å². The summed E-state index contributed by atoms with van der Waals surface area (Å²) >= 11 is 0. The normalized spacial score (nSPS) is 9.43. The second-order valence-corrected chi connectivity index (χ2v) is 3.46. The van der Waals surface area contributed by atoms with Gasteiger partial charge in [-0.15, -0.1) is 0 Å². The van der Waals surface area contributed by atoms with Gasteiger partial charge in [-0.25, -0.2) is 0 Å². The summed E-state index contributed by atoms with van der Waals surface area (Å²) in [5.41, 5.74) is 2.33. The minimum Gasteiger partial charge on any atom is -0.364 e. The van der Waals surface area contributed by atoms with Crippen molar-refractivity contribution in [3.05, 3.63) is 17.5 Å². The third-order valence-electron chi connectivity index (χ3n) is 1.80. The molecule has 2 heteroatoms. The van der Waals surface area contributed by atoms with Gasteiger partial charge in [-0.1, -0.05) is 54.1 Å². The highest BCUT2D eigenvalue weighted by atomic mass is 16.5. The SMILES string of the molecule is C.CC.CC(C)c1conc1C(C)C. The number of rotatable bonds is 2. The van der Waals surface area contributed by atoms with Crippen LogP contribution in [-0.2, 0) is 0 Å². The first kappa shape index (κ1) is 15.7. The van der Waals surface area contributed by atoms with Crippen LogP contribution in [0.3, 0.4) is 0 Å². The quantitative estimate of drug-likeness (QED) is 0.696. The van der Waals surface area contributed by atoms with Crippen molar-refractivity contribution >= 4 is 0 Å². The molecule has 0 aromatic carbocycles. The first-order chi connectivity index (χ1) is 6.13. The van der Waals surface area contributed by atoms with Gasteiger partial charge in [-0.2, -0.15) is 0 Å². The smallest absolute Gasteiger partial charge is 0.127 e. The van der Waals surface area contributed by atoms with Crippen LogP contribution >= 0.6 is 0 Å². The van der Waals surface area contributed by atoms with Crippen LogP contribution in [0.25, 0.3) is 0 Å². The summed E-state index contributed by atoms with van der Waals surface area (Å²) in [6, 6.07) is 0. The van der Waals surface area contributed by atoms with E-state index in [0.717, 1.165) is 5.69 Å². The van der Waals surface area contributed by atoms with Crippen LogP contribution in [0.15, 0.2) is 10.8 Å². The summed E-state index contributed by atoms with van der Waals surface area (Å²) in [6.45, 7) is 12.6. The molecule has 0 spiro atoms. The lowest BCUT2D eigenvalue weighted by Gasteiger charge is -2.05. The molecule has 0 aliphatic heterocycles. The minimum atomic E-state index is 0. The van der Waals surface area contributed by atoms with Crippen LogP contribution in [-0.4, -0.2) is 5.16 Å². The molecular weight excluding hydrogens is 174 g/mol. The highest BCUT2D eigenvalue weighted by Gasteiger charge is 2.13. The zero-order valence-corrected chi connectivity index (χ0v) is 9.59. The van der Waals surface area contributed by atoms with Crippen LogP contribution in [0.5, 0.6) is 0 Å². The van der Waals surface area contributed by atoms with Crippen LogP contribution in [0.1, 0.15) is 72.1 Å². The molecule has 1 aromatic heterocycles. The molecule has 0 radical (unpaired) electrons. The second kappa shape index (κ2) is 7.60. The summed E-state index contributed by atoms with van der Waals surface area (Å²) in [4.78, 5) is 0. The number of hydrogen-bond acceptors (Lipinski definition) is 2. The fourth-order valence-electron chi connectivity index (χ4n) is 1.12. The van der Waals surface area contributed by atoms with Crippen molar-refractivity contribution in [2.75, 3.05) is 0 Å². The fraction of sp³-hybridized carbons (Fsp3) is 0.750. The summed E-state index contributed by atoms with van der Waals surface area (Å²) < 4.78 is 4.92. The van der Waals surface area contributed by atoms with Gasteiger partial charge in [0.05, 0.1) is 5.69 Å². The molecule has 0 bridgehead atoms. The molecule has 0 aliphatic carbocycles. The van der Waals surface area contributed by atoms with Gasteiger partial charge >= 0.3 is 0 Å². The Hall–Kier alpha value is -0.790. The van der Waals surface area contributed by atoms with E-state index in [-0.39, 0.29) is 7.43 Å². The molecule has 0 N–H and O–H groups in total. The summed E-state index contributed by atoms with van der Waals surface area (Å²) in [7, 11) is 0. The predicted octanol–water partition coefficient (Wildman–Crippen LogP) is 4.58. The van der Waals surface area contributed by atoms with Crippen LogP contribution < -0.4 is 0 Å². The van der Waals surface area contributed by atoms with Crippen LogP contribution in [0, 0.1) is 0 Å². The van der Waals surface area contributed by atoms with Crippen molar-refractivity contribution < 1.29 is 4.52 Å². The highest BCUT2D eigenvalue weighted by Crippen LogP contribution is 2.23. The summed E-state index contributed by atoms with van der Waals surface area (Å²) in [5, 5.41) is 3.96. The Kier molecular flexibility index (Phi) is 8.51. The first-order valence-corrected chi connectivity index (χ1v) is 5.07. The van der Waals surface area contributed by atoms with Crippen molar-refractivity contribution in [2.24, 2.45) is 0 Å². The van der Waals surface area contributed by atoms with Gasteiger partial charge in [0.25, 0.3) is 0 Å². The fourth-order valence-corrected chi connectivity index (χ4v) is 1.12. The van der Waals surface area contributed by atoms with Gasteiger partial charge in [0, 0.05) is 5.56 Å². The summed E-state index contributed by atoms with van der Waals surface area (Å²) in [5.74, 6) is 0.977. The Bertz CT molecular complexity index is 203. The standard InChI is InChI=1S/C9H15NO.C2H6.CH4/c1-6(2)8-5-11-10-9(8)7(3)4;1-2;/h5-7H,1-4H3;1-2H3;1H4. The third-order valence-corrected chi connectivity index (χ3v) is 1.80. The van der Waals surface area contributed by atoms with E-state index < -0.39 is 0 Å². The van der Waals surface area contributed by atoms with Crippen LogP contribution in [0.4, 0.5) is 0 Å². The minimum absolute atomic E-state index is 0. The zero-order chi connectivity index (χ0) is 10.4. The molecule has 84 valence electrons. The Balaban J connectivity index is 0. The lowest BCUT2D eigenvalue weighted by atomic mass is 9.98. The Morgan fingerprint density at radius 3 is 1.86 bits per heavy atom.